The molecule has 1 unspecified atom stereocenters. The van der Waals surface area contributed by atoms with E-state index in [2.05, 4.69) is 10.3 Å². The number of pyridine rings is 1. The molecule has 0 aliphatic carbocycles. The second-order valence-electron chi connectivity index (χ2n) is 4.14. The zero-order valence-corrected chi connectivity index (χ0v) is 11.4. The van der Waals surface area contributed by atoms with Gasteiger partial charge in [-0.3, -0.25) is 9.78 Å². The number of aromatic nitrogens is 1. The first kappa shape index (κ1) is 13.8. The molecule has 2 rings (SSSR count). The number of rotatable bonds is 5. The zero-order chi connectivity index (χ0) is 13.7. The van der Waals surface area contributed by atoms with Crippen LogP contribution >= 0.6 is 11.6 Å². The van der Waals surface area contributed by atoms with Crippen molar-refractivity contribution in [2.24, 2.45) is 0 Å². The number of carbonyl (C=O) groups excluding carboxylic acids is 1. The lowest BCUT2D eigenvalue weighted by molar-refractivity contribution is 0.0951. The Hall–Kier alpha value is -1.65. The van der Waals surface area contributed by atoms with E-state index in [0.29, 0.717) is 18.7 Å². The normalized spacial score (nSPS) is 12.3. The van der Waals surface area contributed by atoms with E-state index in [1.807, 2.05) is 24.3 Å². The predicted molar refractivity (Wildman–Crippen MR) is 75.6 cm³/mol. The second-order valence-corrected chi connectivity index (χ2v) is 4.76. The molecule has 2 aromatic rings. The monoisotopic (exact) mass is 278 g/mol. The molecule has 0 saturated carbocycles. The highest BCUT2D eigenvalue weighted by Gasteiger charge is 2.12. The summed E-state index contributed by atoms with van der Waals surface area (Å²) in [5.74, 6) is -0.152. The molecule has 1 N–H and O–H groups in total. The van der Waals surface area contributed by atoms with E-state index < -0.39 is 0 Å². The number of para-hydroxylation sites is 1. The number of methoxy groups -OCH3 is 1. The molecule has 100 valence electrons. The van der Waals surface area contributed by atoms with Gasteiger partial charge in [0.2, 0.25) is 0 Å². The topological polar surface area (TPSA) is 51.2 Å². The molecule has 1 heterocycles. The zero-order valence-electron chi connectivity index (χ0n) is 10.6. The third-order valence-electron chi connectivity index (χ3n) is 2.73. The summed E-state index contributed by atoms with van der Waals surface area (Å²) in [6.07, 6.45) is 1.63. The molecule has 0 aliphatic heterocycles. The fourth-order valence-corrected chi connectivity index (χ4v) is 2.04. The Morgan fingerprint density at radius 2 is 2.21 bits per heavy atom. The van der Waals surface area contributed by atoms with Crippen LogP contribution in [0.1, 0.15) is 10.4 Å². The third kappa shape index (κ3) is 3.43. The Labute approximate surface area is 116 Å². The molecule has 1 atom stereocenters. The fourth-order valence-electron chi connectivity index (χ4n) is 1.83. The largest absolute Gasteiger partial charge is 0.383 e. The van der Waals surface area contributed by atoms with Crippen molar-refractivity contribution >= 4 is 28.4 Å². The van der Waals surface area contributed by atoms with Crippen LogP contribution in [0, 0.1) is 0 Å². The van der Waals surface area contributed by atoms with Crippen LogP contribution in [0.4, 0.5) is 0 Å². The minimum absolute atomic E-state index is 0.152. The van der Waals surface area contributed by atoms with Crippen LogP contribution < -0.4 is 5.32 Å². The Morgan fingerprint density at radius 3 is 3.00 bits per heavy atom. The second kappa shape index (κ2) is 6.50. The van der Waals surface area contributed by atoms with Crippen LogP contribution in [0.2, 0.25) is 0 Å². The molecule has 0 saturated heterocycles. The van der Waals surface area contributed by atoms with Gasteiger partial charge in [-0.05, 0) is 12.1 Å². The van der Waals surface area contributed by atoms with E-state index in [1.54, 1.807) is 19.4 Å². The molecule has 1 aromatic carbocycles. The van der Waals surface area contributed by atoms with Crippen LogP contribution in [0.15, 0.2) is 36.5 Å². The number of hydrogen-bond donors (Lipinski definition) is 1. The van der Waals surface area contributed by atoms with Crippen LogP contribution in [0.5, 0.6) is 0 Å². The minimum atomic E-state index is -0.234. The predicted octanol–water partition coefficient (Wildman–Crippen LogP) is 2.22. The van der Waals surface area contributed by atoms with Gasteiger partial charge >= 0.3 is 0 Å². The lowest BCUT2D eigenvalue weighted by Gasteiger charge is -2.11. The van der Waals surface area contributed by atoms with Crippen molar-refractivity contribution in [1.82, 2.24) is 10.3 Å². The highest BCUT2D eigenvalue weighted by molar-refractivity contribution is 6.21. The number of nitrogens with zero attached hydrogens (tertiary/aromatic N) is 1. The Morgan fingerprint density at radius 1 is 1.42 bits per heavy atom. The number of nitrogens with one attached hydrogen (secondary N) is 1. The molecule has 0 radical (unpaired) electrons. The Kier molecular flexibility index (Phi) is 4.71. The number of amides is 1. The summed E-state index contributed by atoms with van der Waals surface area (Å²) in [4.78, 5) is 16.4. The summed E-state index contributed by atoms with van der Waals surface area (Å²) in [5, 5.41) is 3.40. The van der Waals surface area contributed by atoms with Crippen LogP contribution in [0.3, 0.4) is 0 Å². The van der Waals surface area contributed by atoms with E-state index in [0.717, 1.165) is 10.9 Å². The summed E-state index contributed by atoms with van der Waals surface area (Å²) < 4.78 is 4.92. The van der Waals surface area contributed by atoms with Gasteiger partial charge in [-0.25, -0.2) is 0 Å². The SMILES string of the molecule is COCC(Cl)CNC(=O)c1ccnc2ccccc12. The van der Waals surface area contributed by atoms with Crippen molar-refractivity contribution in [3.05, 3.63) is 42.1 Å². The van der Waals surface area contributed by atoms with Gasteiger partial charge in [-0.15, -0.1) is 11.6 Å². The molecule has 1 amide bonds. The Bertz CT molecular complexity index is 569. The minimum Gasteiger partial charge on any atom is -0.383 e. The van der Waals surface area contributed by atoms with E-state index >= 15 is 0 Å². The van der Waals surface area contributed by atoms with Crippen molar-refractivity contribution in [3.8, 4) is 0 Å². The van der Waals surface area contributed by atoms with Crippen molar-refractivity contribution in [2.75, 3.05) is 20.3 Å². The van der Waals surface area contributed by atoms with Gasteiger partial charge in [0.25, 0.3) is 5.91 Å². The summed E-state index contributed by atoms with van der Waals surface area (Å²) in [6.45, 7) is 0.768. The number of halogens is 1. The number of ether oxygens (including phenoxy) is 1. The maximum Gasteiger partial charge on any atom is 0.252 e. The van der Waals surface area contributed by atoms with Crippen LogP contribution in [-0.2, 0) is 4.74 Å². The van der Waals surface area contributed by atoms with E-state index in [-0.39, 0.29) is 11.3 Å². The first-order chi connectivity index (χ1) is 9.22. The maximum absolute atomic E-state index is 12.1. The van der Waals surface area contributed by atoms with Gasteiger partial charge in [0.05, 0.1) is 23.1 Å². The summed E-state index contributed by atoms with van der Waals surface area (Å²) >= 11 is 5.98. The average Bonchev–Trinajstić information content (AvgIpc) is 2.44. The highest BCUT2D eigenvalue weighted by atomic mass is 35.5. The molecular weight excluding hydrogens is 264 g/mol. The molecule has 0 spiro atoms. The first-order valence-corrected chi connectivity index (χ1v) is 6.41. The summed E-state index contributed by atoms with van der Waals surface area (Å²) in [6, 6.07) is 9.24. The van der Waals surface area contributed by atoms with Gasteiger partial charge in [-0.2, -0.15) is 0 Å². The van der Waals surface area contributed by atoms with Crippen molar-refractivity contribution < 1.29 is 9.53 Å². The number of benzene rings is 1. The molecule has 4 nitrogen and oxygen atoms in total. The molecule has 0 fully saturated rings. The molecule has 1 aromatic heterocycles. The smallest absolute Gasteiger partial charge is 0.252 e. The van der Waals surface area contributed by atoms with Gasteiger partial charge < -0.3 is 10.1 Å². The van der Waals surface area contributed by atoms with Gasteiger partial charge in [0.15, 0.2) is 0 Å². The highest BCUT2D eigenvalue weighted by Crippen LogP contribution is 2.15. The lowest BCUT2D eigenvalue weighted by Crippen LogP contribution is -2.31. The van der Waals surface area contributed by atoms with Crippen LogP contribution in [-0.4, -0.2) is 36.5 Å². The lowest BCUT2D eigenvalue weighted by atomic mass is 10.1. The fraction of sp³-hybridized carbons (Fsp3) is 0.286. The maximum atomic E-state index is 12.1. The van der Waals surface area contributed by atoms with Crippen molar-refractivity contribution in [2.45, 2.75) is 5.38 Å². The van der Waals surface area contributed by atoms with E-state index in [9.17, 15) is 4.79 Å². The van der Waals surface area contributed by atoms with Gasteiger partial charge in [0.1, 0.15) is 0 Å². The summed E-state index contributed by atoms with van der Waals surface area (Å²) in [7, 11) is 1.58. The van der Waals surface area contributed by atoms with E-state index in [1.165, 1.54) is 0 Å². The number of carbonyl (C=O) groups is 1. The Balaban J connectivity index is 2.13. The standard InChI is InChI=1S/C14H15ClN2O2/c1-19-9-10(15)8-17-14(18)12-6-7-16-13-5-3-2-4-11(12)13/h2-7,10H,8-9H2,1H3,(H,17,18). The van der Waals surface area contributed by atoms with E-state index in [4.69, 9.17) is 16.3 Å². The molecular formula is C14H15ClN2O2. The van der Waals surface area contributed by atoms with Gasteiger partial charge in [0, 0.05) is 25.2 Å². The van der Waals surface area contributed by atoms with Crippen molar-refractivity contribution in [3.63, 3.8) is 0 Å². The number of alkyl halides is 1. The van der Waals surface area contributed by atoms with Crippen molar-refractivity contribution in [1.29, 1.82) is 0 Å². The first-order valence-electron chi connectivity index (χ1n) is 5.97. The number of fused-ring (bicyclic) bond motifs is 1. The van der Waals surface area contributed by atoms with Crippen LogP contribution in [0.25, 0.3) is 10.9 Å². The summed E-state index contributed by atoms with van der Waals surface area (Å²) in [5.41, 5.74) is 1.40. The molecule has 0 aliphatic rings. The third-order valence-corrected chi connectivity index (χ3v) is 3.01. The average molecular weight is 279 g/mol. The van der Waals surface area contributed by atoms with Gasteiger partial charge in [-0.1, -0.05) is 18.2 Å². The molecule has 5 heteroatoms. The molecule has 19 heavy (non-hydrogen) atoms. The number of hydrogen-bond acceptors (Lipinski definition) is 3. The quantitative estimate of drug-likeness (QED) is 0.853. The molecule has 0 bridgehead atoms.